The molecule has 0 aliphatic heterocycles. The second-order valence-electron chi connectivity index (χ2n) is 15.0. The summed E-state index contributed by atoms with van der Waals surface area (Å²) < 4.78 is 34.1. The van der Waals surface area contributed by atoms with E-state index in [0.29, 0.717) is 17.4 Å². The fraction of sp³-hybridized carbons (Fsp3) is 0.949. The van der Waals surface area contributed by atoms with Crippen LogP contribution < -0.4 is 0 Å². The summed E-state index contributed by atoms with van der Waals surface area (Å²) in [5.41, 5.74) is 0. The fourth-order valence-corrected chi connectivity index (χ4v) is 6.40. The molecule has 0 heterocycles. The molecule has 2 atom stereocenters. The molecule has 0 fully saturated rings. The first-order valence-corrected chi connectivity index (χ1v) is 21.8. The number of phosphoric acid groups is 1. The highest BCUT2D eigenvalue weighted by Gasteiger charge is 2.27. The van der Waals surface area contributed by atoms with Crippen molar-refractivity contribution in [3.8, 4) is 0 Å². The van der Waals surface area contributed by atoms with Crippen LogP contribution in [-0.4, -0.2) is 74.9 Å². The average Bonchev–Trinajstić information content (AvgIpc) is 3.04. The van der Waals surface area contributed by atoms with Crippen LogP contribution in [0.5, 0.6) is 0 Å². The molecule has 1 unspecified atom stereocenters. The van der Waals surface area contributed by atoms with Crippen LogP contribution in [0.1, 0.15) is 187 Å². The van der Waals surface area contributed by atoms with Crippen molar-refractivity contribution in [2.45, 2.75) is 193 Å². The van der Waals surface area contributed by atoms with Gasteiger partial charge in [0.2, 0.25) is 0 Å². The lowest BCUT2D eigenvalue weighted by Crippen LogP contribution is -2.37. The SMILES string of the molecule is CCCCCCCCCCCCCCCCCCCCCC(=O)O[C@H](COC(=O)CCCCCCCC)COP(=O)(O)OCC[N+](C)(C)C. The quantitative estimate of drug-likeness (QED) is 0.0292. The van der Waals surface area contributed by atoms with Gasteiger partial charge in [-0.05, 0) is 12.8 Å². The molecule has 0 radical (unpaired) electrons. The predicted molar refractivity (Wildman–Crippen MR) is 201 cm³/mol. The standard InChI is InChI=1S/C39H78NO8P/c1-6-8-10-12-14-15-16-17-18-19-20-21-22-23-24-25-26-28-30-32-39(42)48-37(35-45-38(41)31-29-27-13-11-9-7-2)36-47-49(43,44)46-34-33-40(3,4)5/h37H,6-36H2,1-5H3/p+1/t37-/m1/s1. The molecule has 0 aromatic carbocycles. The lowest BCUT2D eigenvalue weighted by Gasteiger charge is -2.24. The van der Waals surface area contributed by atoms with Gasteiger partial charge in [-0.1, -0.05) is 162 Å². The number of phosphoric ester groups is 1. The Kier molecular flexibility index (Phi) is 32.2. The number of rotatable bonds is 37. The van der Waals surface area contributed by atoms with Crippen LogP contribution in [0.3, 0.4) is 0 Å². The van der Waals surface area contributed by atoms with Gasteiger partial charge in [-0.25, -0.2) is 4.57 Å². The molecule has 0 saturated carbocycles. The maximum atomic E-state index is 12.6. The van der Waals surface area contributed by atoms with Crippen molar-refractivity contribution < 1.29 is 42.1 Å². The Morgan fingerprint density at radius 2 is 0.918 bits per heavy atom. The number of likely N-dealkylation sites (N-methyl/N-ethyl adjacent to an activating group) is 1. The van der Waals surface area contributed by atoms with Gasteiger partial charge >= 0.3 is 19.8 Å². The Labute approximate surface area is 302 Å². The van der Waals surface area contributed by atoms with Crippen molar-refractivity contribution in [3.63, 3.8) is 0 Å². The summed E-state index contributed by atoms with van der Waals surface area (Å²) in [5, 5.41) is 0. The molecule has 0 aliphatic carbocycles. The van der Waals surface area contributed by atoms with E-state index in [0.717, 1.165) is 38.5 Å². The minimum absolute atomic E-state index is 0.0361. The number of carbonyl (C=O) groups excluding carboxylic acids is 2. The van der Waals surface area contributed by atoms with Crippen molar-refractivity contribution in [2.75, 3.05) is 47.5 Å². The minimum atomic E-state index is -4.35. The highest BCUT2D eigenvalue weighted by Crippen LogP contribution is 2.43. The van der Waals surface area contributed by atoms with Crippen LogP contribution in [-0.2, 0) is 32.7 Å². The largest absolute Gasteiger partial charge is 0.472 e. The number of nitrogens with zero attached hydrogens (tertiary/aromatic N) is 1. The summed E-state index contributed by atoms with van der Waals surface area (Å²) in [4.78, 5) is 35.0. The summed E-state index contributed by atoms with van der Waals surface area (Å²) in [6.07, 6.45) is 30.4. The second kappa shape index (κ2) is 32.9. The van der Waals surface area contributed by atoms with Crippen LogP contribution in [0.2, 0.25) is 0 Å². The number of hydrogen-bond donors (Lipinski definition) is 1. The van der Waals surface area contributed by atoms with Gasteiger partial charge in [0.05, 0.1) is 27.7 Å². The number of hydrogen-bond acceptors (Lipinski definition) is 7. The van der Waals surface area contributed by atoms with Gasteiger partial charge in [-0.2, -0.15) is 0 Å². The van der Waals surface area contributed by atoms with Gasteiger partial charge < -0.3 is 18.9 Å². The maximum absolute atomic E-state index is 12.6. The zero-order chi connectivity index (χ0) is 36.5. The van der Waals surface area contributed by atoms with Gasteiger partial charge in [0, 0.05) is 12.8 Å². The smallest absolute Gasteiger partial charge is 0.462 e. The number of esters is 2. The number of quaternary nitrogens is 1. The first-order chi connectivity index (χ1) is 23.5. The van der Waals surface area contributed by atoms with Gasteiger partial charge in [0.1, 0.15) is 19.8 Å². The van der Waals surface area contributed by atoms with E-state index in [4.69, 9.17) is 18.5 Å². The van der Waals surface area contributed by atoms with E-state index < -0.39 is 26.5 Å². The van der Waals surface area contributed by atoms with Crippen LogP contribution in [0.25, 0.3) is 0 Å². The van der Waals surface area contributed by atoms with Crippen molar-refractivity contribution in [2.24, 2.45) is 0 Å². The van der Waals surface area contributed by atoms with Gasteiger partial charge in [-0.15, -0.1) is 0 Å². The zero-order valence-electron chi connectivity index (χ0n) is 32.7. The molecule has 1 N–H and O–H groups in total. The number of unbranched alkanes of at least 4 members (excludes halogenated alkanes) is 23. The lowest BCUT2D eigenvalue weighted by molar-refractivity contribution is -0.870. The van der Waals surface area contributed by atoms with Crippen molar-refractivity contribution in [1.29, 1.82) is 0 Å². The number of carbonyl (C=O) groups is 2. The second-order valence-corrected chi connectivity index (χ2v) is 16.5. The van der Waals surface area contributed by atoms with Crippen molar-refractivity contribution in [1.82, 2.24) is 0 Å². The van der Waals surface area contributed by atoms with Crippen LogP contribution >= 0.6 is 7.82 Å². The maximum Gasteiger partial charge on any atom is 0.472 e. The number of ether oxygens (including phenoxy) is 2. The Hall–Kier alpha value is -0.990. The molecule has 49 heavy (non-hydrogen) atoms. The Balaban J connectivity index is 4.19. The molecule has 0 spiro atoms. The average molecular weight is 721 g/mol. The van der Waals surface area contributed by atoms with Gasteiger partial charge in [-0.3, -0.25) is 18.6 Å². The molecule has 9 nitrogen and oxygen atoms in total. The van der Waals surface area contributed by atoms with Crippen LogP contribution in [0.15, 0.2) is 0 Å². The van der Waals surface area contributed by atoms with E-state index in [9.17, 15) is 19.0 Å². The van der Waals surface area contributed by atoms with Crippen molar-refractivity contribution >= 4 is 19.8 Å². The van der Waals surface area contributed by atoms with E-state index in [1.54, 1.807) is 0 Å². The molecule has 292 valence electrons. The Morgan fingerprint density at radius 1 is 0.551 bits per heavy atom. The third kappa shape index (κ3) is 36.6. The van der Waals surface area contributed by atoms with E-state index in [1.807, 2.05) is 21.1 Å². The molecular weight excluding hydrogens is 641 g/mol. The normalized spacial score (nSPS) is 13.7. The lowest BCUT2D eigenvalue weighted by atomic mass is 10.0. The molecule has 0 saturated heterocycles. The van der Waals surface area contributed by atoms with Gasteiger partial charge in [0.15, 0.2) is 6.10 Å². The predicted octanol–water partition coefficient (Wildman–Crippen LogP) is 10.9. The van der Waals surface area contributed by atoms with Crippen molar-refractivity contribution in [3.05, 3.63) is 0 Å². The summed E-state index contributed by atoms with van der Waals surface area (Å²) in [6.45, 7) is 4.37. The molecule has 0 aliphatic rings. The van der Waals surface area contributed by atoms with E-state index in [2.05, 4.69) is 13.8 Å². The Morgan fingerprint density at radius 3 is 1.31 bits per heavy atom. The zero-order valence-corrected chi connectivity index (χ0v) is 33.6. The summed E-state index contributed by atoms with van der Waals surface area (Å²) >= 11 is 0. The third-order valence-electron chi connectivity index (χ3n) is 8.89. The van der Waals surface area contributed by atoms with Crippen LogP contribution in [0.4, 0.5) is 0 Å². The molecule has 0 aromatic rings. The van der Waals surface area contributed by atoms with Gasteiger partial charge in [0.25, 0.3) is 0 Å². The molecule has 0 rings (SSSR count). The molecule has 0 aromatic heterocycles. The van der Waals surface area contributed by atoms with E-state index in [1.165, 1.54) is 122 Å². The first-order valence-electron chi connectivity index (χ1n) is 20.3. The molecule has 0 amide bonds. The highest BCUT2D eigenvalue weighted by molar-refractivity contribution is 7.47. The Bertz CT molecular complexity index is 819. The molecule has 0 bridgehead atoms. The first kappa shape index (κ1) is 48.0. The monoisotopic (exact) mass is 721 g/mol. The highest BCUT2D eigenvalue weighted by atomic mass is 31.2. The third-order valence-corrected chi connectivity index (χ3v) is 9.87. The van der Waals surface area contributed by atoms with E-state index >= 15 is 0 Å². The minimum Gasteiger partial charge on any atom is -0.462 e. The molecule has 10 heteroatoms. The topological polar surface area (TPSA) is 108 Å². The fourth-order valence-electron chi connectivity index (χ4n) is 5.66. The summed E-state index contributed by atoms with van der Waals surface area (Å²) in [7, 11) is 1.49. The molecular formula is C39H79NO8P+. The van der Waals surface area contributed by atoms with E-state index in [-0.39, 0.29) is 25.6 Å². The van der Waals surface area contributed by atoms with Crippen LogP contribution in [0, 0.1) is 0 Å². The summed E-state index contributed by atoms with van der Waals surface area (Å²) in [5.74, 6) is -0.798. The summed E-state index contributed by atoms with van der Waals surface area (Å²) in [6, 6.07) is 0.